The molecular weight excluding hydrogens is 244 g/mol. The molecule has 3 rings (SSSR count). The van der Waals surface area contributed by atoms with Crippen molar-refractivity contribution in [2.75, 3.05) is 0 Å². The number of rotatable bonds is 0. The first kappa shape index (κ1) is 13.2. The standard InChI is InChI=1S/C18H20N2/c1-11-4-6-14-15(7-11)13-5-3-12(2)8-16(13)18(10-20)17(14)9-19/h11-12H,3-8H2,1-2H3. The summed E-state index contributed by atoms with van der Waals surface area (Å²) in [5, 5.41) is 19.1. The number of nitriles is 2. The third-order valence-corrected chi connectivity index (χ3v) is 5.05. The summed E-state index contributed by atoms with van der Waals surface area (Å²) in [7, 11) is 0. The van der Waals surface area contributed by atoms with Gasteiger partial charge in [-0.3, -0.25) is 0 Å². The van der Waals surface area contributed by atoms with E-state index >= 15 is 0 Å². The molecule has 2 nitrogen and oxygen atoms in total. The van der Waals surface area contributed by atoms with Crippen LogP contribution in [0.15, 0.2) is 0 Å². The van der Waals surface area contributed by atoms with E-state index in [4.69, 9.17) is 0 Å². The first-order valence-corrected chi connectivity index (χ1v) is 7.65. The second kappa shape index (κ2) is 4.95. The second-order valence-electron chi connectivity index (χ2n) is 6.58. The Bertz CT molecular complexity index is 643. The van der Waals surface area contributed by atoms with Crippen LogP contribution in [0.1, 0.15) is 60.1 Å². The molecule has 2 atom stereocenters. The third-order valence-electron chi connectivity index (χ3n) is 5.05. The van der Waals surface area contributed by atoms with E-state index in [0.717, 1.165) is 32.1 Å². The number of hydrogen-bond acceptors (Lipinski definition) is 2. The van der Waals surface area contributed by atoms with Crippen molar-refractivity contribution in [2.24, 2.45) is 11.8 Å². The van der Waals surface area contributed by atoms with Gasteiger partial charge >= 0.3 is 0 Å². The maximum Gasteiger partial charge on any atom is 0.101 e. The smallest absolute Gasteiger partial charge is 0.101 e. The molecule has 0 saturated carbocycles. The summed E-state index contributed by atoms with van der Waals surface area (Å²) in [6, 6.07) is 4.67. The van der Waals surface area contributed by atoms with Gasteiger partial charge < -0.3 is 0 Å². The Hall–Kier alpha value is -1.80. The van der Waals surface area contributed by atoms with Crippen molar-refractivity contribution in [2.45, 2.75) is 52.4 Å². The molecule has 1 aromatic rings. The Labute approximate surface area is 121 Å². The van der Waals surface area contributed by atoms with Crippen LogP contribution >= 0.6 is 0 Å². The first-order valence-electron chi connectivity index (χ1n) is 7.65. The SMILES string of the molecule is CC1CCc2c(c(C#N)c(C#N)c3c2CC(C)CC3)C1. The van der Waals surface area contributed by atoms with E-state index in [9.17, 15) is 10.5 Å². The molecule has 0 N–H and O–H groups in total. The molecule has 0 fully saturated rings. The Kier molecular flexibility index (Phi) is 3.27. The minimum atomic E-state index is 0.625. The number of fused-ring (bicyclic) bond motifs is 3. The van der Waals surface area contributed by atoms with Crippen LogP contribution in [0.25, 0.3) is 0 Å². The van der Waals surface area contributed by atoms with E-state index in [1.807, 2.05) is 0 Å². The van der Waals surface area contributed by atoms with Gasteiger partial charge in [0.25, 0.3) is 0 Å². The monoisotopic (exact) mass is 264 g/mol. The maximum absolute atomic E-state index is 9.54. The summed E-state index contributed by atoms with van der Waals surface area (Å²) >= 11 is 0. The van der Waals surface area contributed by atoms with Gasteiger partial charge in [-0.05, 0) is 72.6 Å². The molecule has 2 heteroatoms. The summed E-state index contributed by atoms with van der Waals surface area (Å²) < 4.78 is 0. The molecule has 0 spiro atoms. The normalized spacial score (nSPS) is 24.2. The van der Waals surface area contributed by atoms with E-state index in [-0.39, 0.29) is 0 Å². The van der Waals surface area contributed by atoms with Crippen molar-refractivity contribution in [3.63, 3.8) is 0 Å². The lowest BCUT2D eigenvalue weighted by Gasteiger charge is -2.31. The third kappa shape index (κ3) is 1.92. The van der Waals surface area contributed by atoms with Gasteiger partial charge in [0.05, 0.1) is 11.1 Å². The summed E-state index contributed by atoms with van der Waals surface area (Å²) in [5.41, 5.74) is 6.58. The van der Waals surface area contributed by atoms with Crippen LogP contribution in [0.2, 0.25) is 0 Å². The first-order chi connectivity index (χ1) is 9.65. The number of benzene rings is 1. The van der Waals surface area contributed by atoms with E-state index < -0.39 is 0 Å². The lowest BCUT2D eigenvalue weighted by Crippen LogP contribution is -2.22. The predicted molar refractivity (Wildman–Crippen MR) is 78.3 cm³/mol. The lowest BCUT2D eigenvalue weighted by atomic mass is 9.72. The fourth-order valence-electron chi connectivity index (χ4n) is 3.95. The largest absolute Gasteiger partial charge is 0.192 e. The molecule has 0 aliphatic heterocycles. The molecule has 1 aromatic carbocycles. The number of nitrogens with zero attached hydrogens (tertiary/aromatic N) is 2. The van der Waals surface area contributed by atoms with E-state index in [1.165, 1.54) is 28.7 Å². The predicted octanol–water partition coefficient (Wildman–Crippen LogP) is 3.68. The van der Waals surface area contributed by atoms with Crippen molar-refractivity contribution in [3.05, 3.63) is 33.4 Å². The zero-order valence-corrected chi connectivity index (χ0v) is 12.3. The van der Waals surface area contributed by atoms with Crippen LogP contribution in [-0.2, 0) is 25.7 Å². The van der Waals surface area contributed by atoms with Gasteiger partial charge in [-0.1, -0.05) is 13.8 Å². The van der Waals surface area contributed by atoms with Gasteiger partial charge in [0.1, 0.15) is 12.1 Å². The molecular formula is C18H20N2. The molecule has 20 heavy (non-hydrogen) atoms. The quantitative estimate of drug-likeness (QED) is 0.717. The van der Waals surface area contributed by atoms with E-state index in [1.54, 1.807) is 0 Å². The molecule has 0 heterocycles. The Balaban J connectivity index is 2.30. The van der Waals surface area contributed by atoms with Crippen LogP contribution in [0.5, 0.6) is 0 Å². The van der Waals surface area contributed by atoms with Gasteiger partial charge in [-0.2, -0.15) is 10.5 Å². The topological polar surface area (TPSA) is 47.6 Å². The van der Waals surface area contributed by atoms with Crippen molar-refractivity contribution in [1.29, 1.82) is 10.5 Å². The van der Waals surface area contributed by atoms with Crippen molar-refractivity contribution in [1.82, 2.24) is 0 Å². The van der Waals surface area contributed by atoms with Crippen molar-refractivity contribution < 1.29 is 0 Å². The van der Waals surface area contributed by atoms with Gasteiger partial charge in [-0.25, -0.2) is 0 Å². The number of hydrogen-bond donors (Lipinski definition) is 0. The van der Waals surface area contributed by atoms with Crippen molar-refractivity contribution >= 4 is 0 Å². The maximum atomic E-state index is 9.54. The fourth-order valence-corrected chi connectivity index (χ4v) is 3.95. The summed E-state index contributed by atoms with van der Waals surface area (Å²) in [5.74, 6) is 1.32. The average molecular weight is 264 g/mol. The highest BCUT2D eigenvalue weighted by Gasteiger charge is 2.29. The molecule has 0 saturated heterocycles. The van der Waals surface area contributed by atoms with Crippen LogP contribution in [0.4, 0.5) is 0 Å². The average Bonchev–Trinajstić information content (AvgIpc) is 2.45. The molecule has 2 aliphatic rings. The second-order valence-corrected chi connectivity index (χ2v) is 6.58. The zero-order chi connectivity index (χ0) is 14.3. The highest BCUT2D eigenvalue weighted by atomic mass is 14.4. The van der Waals surface area contributed by atoms with Gasteiger partial charge in [0.15, 0.2) is 0 Å². The molecule has 0 bridgehead atoms. The van der Waals surface area contributed by atoms with Crippen LogP contribution in [0, 0.1) is 34.5 Å². The fraction of sp³-hybridized carbons (Fsp3) is 0.556. The minimum Gasteiger partial charge on any atom is -0.192 e. The van der Waals surface area contributed by atoms with Crippen LogP contribution < -0.4 is 0 Å². The van der Waals surface area contributed by atoms with E-state index in [2.05, 4.69) is 26.0 Å². The summed E-state index contributed by atoms with van der Waals surface area (Å²) in [6.07, 6.45) is 6.47. The lowest BCUT2D eigenvalue weighted by molar-refractivity contribution is 0.472. The molecule has 2 aliphatic carbocycles. The molecule has 2 unspecified atom stereocenters. The summed E-state index contributed by atoms with van der Waals surface area (Å²) in [4.78, 5) is 0. The molecule has 0 radical (unpaired) electrons. The van der Waals surface area contributed by atoms with Crippen molar-refractivity contribution in [3.8, 4) is 12.1 Å². The van der Waals surface area contributed by atoms with Crippen LogP contribution in [-0.4, -0.2) is 0 Å². The van der Waals surface area contributed by atoms with Crippen LogP contribution in [0.3, 0.4) is 0 Å². The van der Waals surface area contributed by atoms with Gasteiger partial charge in [0.2, 0.25) is 0 Å². The minimum absolute atomic E-state index is 0.625. The Morgan fingerprint density at radius 2 is 1.25 bits per heavy atom. The highest BCUT2D eigenvalue weighted by molar-refractivity contribution is 5.62. The van der Waals surface area contributed by atoms with Gasteiger partial charge in [-0.15, -0.1) is 0 Å². The highest BCUT2D eigenvalue weighted by Crippen LogP contribution is 2.39. The van der Waals surface area contributed by atoms with E-state index in [0.29, 0.717) is 23.0 Å². The molecule has 102 valence electrons. The summed E-state index contributed by atoms with van der Waals surface area (Å²) in [6.45, 7) is 4.54. The zero-order valence-electron chi connectivity index (χ0n) is 12.3. The molecule has 0 amide bonds. The Morgan fingerprint density at radius 3 is 1.85 bits per heavy atom. The molecule has 0 aromatic heterocycles. The Morgan fingerprint density at radius 1 is 0.750 bits per heavy atom. The van der Waals surface area contributed by atoms with Gasteiger partial charge in [0, 0.05) is 0 Å².